The Labute approximate surface area is 167 Å². The molecule has 0 aliphatic carbocycles. The Morgan fingerprint density at radius 2 is 1.86 bits per heavy atom. The second kappa shape index (κ2) is 10.7. The van der Waals surface area contributed by atoms with Crippen LogP contribution >= 0.6 is 0 Å². The standard InChI is InChI=1S/C22H30N4O2/c1-28-19-11-9-18(10-12-19)25-21-20(8-6-13-23-21)22(27)24-14-7-17-26-15-4-2-3-5-16-26/h6,8-13H,2-5,7,14-17H2,1H3,(H,23,25)(H,24,27). The highest BCUT2D eigenvalue weighted by molar-refractivity contribution is 5.99. The molecule has 1 aromatic heterocycles. The van der Waals surface area contributed by atoms with Gasteiger partial charge in [-0.05, 0) is 75.3 Å². The zero-order valence-corrected chi connectivity index (χ0v) is 16.6. The van der Waals surface area contributed by atoms with E-state index < -0.39 is 0 Å². The van der Waals surface area contributed by atoms with Crippen LogP contribution in [0.3, 0.4) is 0 Å². The van der Waals surface area contributed by atoms with Crippen molar-refractivity contribution in [3.05, 3.63) is 48.2 Å². The third kappa shape index (κ3) is 5.96. The van der Waals surface area contributed by atoms with E-state index in [1.807, 2.05) is 24.3 Å². The first-order valence-electron chi connectivity index (χ1n) is 10.1. The number of likely N-dealkylation sites (tertiary alicyclic amines) is 1. The molecule has 2 aromatic rings. The summed E-state index contributed by atoms with van der Waals surface area (Å²) in [5.74, 6) is 1.24. The van der Waals surface area contributed by atoms with Crippen molar-refractivity contribution in [3.8, 4) is 5.75 Å². The molecular weight excluding hydrogens is 352 g/mol. The molecule has 0 radical (unpaired) electrons. The van der Waals surface area contributed by atoms with Gasteiger partial charge in [0.15, 0.2) is 0 Å². The van der Waals surface area contributed by atoms with Gasteiger partial charge in [-0.3, -0.25) is 4.79 Å². The van der Waals surface area contributed by atoms with Crippen molar-refractivity contribution >= 4 is 17.4 Å². The Hall–Kier alpha value is -2.60. The van der Waals surface area contributed by atoms with Crippen LogP contribution in [0.4, 0.5) is 11.5 Å². The first-order valence-corrected chi connectivity index (χ1v) is 10.1. The highest BCUT2D eigenvalue weighted by Crippen LogP contribution is 2.21. The first-order chi connectivity index (χ1) is 13.8. The number of carbonyl (C=O) groups is 1. The van der Waals surface area contributed by atoms with Crippen molar-refractivity contribution in [3.63, 3.8) is 0 Å². The largest absolute Gasteiger partial charge is 0.497 e. The van der Waals surface area contributed by atoms with Crippen LogP contribution in [0.15, 0.2) is 42.6 Å². The Kier molecular flexibility index (Phi) is 7.67. The van der Waals surface area contributed by atoms with Gasteiger partial charge in [0.25, 0.3) is 5.91 Å². The van der Waals surface area contributed by atoms with E-state index in [2.05, 4.69) is 20.5 Å². The number of carbonyl (C=O) groups excluding carboxylic acids is 1. The molecule has 0 bridgehead atoms. The Morgan fingerprint density at radius 3 is 2.57 bits per heavy atom. The zero-order valence-electron chi connectivity index (χ0n) is 16.6. The van der Waals surface area contributed by atoms with E-state index in [1.54, 1.807) is 25.4 Å². The molecule has 2 N–H and O–H groups in total. The summed E-state index contributed by atoms with van der Waals surface area (Å²) in [6.45, 7) is 4.09. The summed E-state index contributed by atoms with van der Waals surface area (Å²) >= 11 is 0. The van der Waals surface area contributed by atoms with Crippen LogP contribution in [0, 0.1) is 0 Å². The Bertz CT molecular complexity index is 740. The lowest BCUT2D eigenvalue weighted by Crippen LogP contribution is -2.31. The van der Waals surface area contributed by atoms with Crippen LogP contribution in [0.1, 0.15) is 42.5 Å². The molecule has 6 nitrogen and oxygen atoms in total. The number of nitrogens with one attached hydrogen (secondary N) is 2. The predicted octanol–water partition coefficient (Wildman–Crippen LogP) is 3.83. The minimum absolute atomic E-state index is 0.0972. The predicted molar refractivity (Wildman–Crippen MR) is 112 cm³/mol. The van der Waals surface area contributed by atoms with E-state index >= 15 is 0 Å². The number of amides is 1. The van der Waals surface area contributed by atoms with Crippen LogP contribution in [0.2, 0.25) is 0 Å². The van der Waals surface area contributed by atoms with Crippen molar-refractivity contribution in [2.75, 3.05) is 38.6 Å². The van der Waals surface area contributed by atoms with Crippen LogP contribution in [0.5, 0.6) is 5.75 Å². The topological polar surface area (TPSA) is 66.5 Å². The number of ether oxygens (including phenoxy) is 1. The fourth-order valence-electron chi connectivity index (χ4n) is 3.46. The molecule has 2 heterocycles. The number of hydrogen-bond acceptors (Lipinski definition) is 5. The van der Waals surface area contributed by atoms with Gasteiger partial charge in [-0.25, -0.2) is 4.98 Å². The SMILES string of the molecule is COc1ccc(Nc2ncccc2C(=O)NCCCN2CCCCCC2)cc1. The molecule has 1 fully saturated rings. The zero-order chi connectivity index (χ0) is 19.6. The monoisotopic (exact) mass is 382 g/mol. The molecule has 1 aliphatic rings. The van der Waals surface area contributed by atoms with Gasteiger partial charge in [0, 0.05) is 18.4 Å². The minimum atomic E-state index is -0.0972. The highest BCUT2D eigenvalue weighted by Gasteiger charge is 2.13. The number of rotatable bonds is 8. The summed E-state index contributed by atoms with van der Waals surface area (Å²) in [5.41, 5.74) is 1.41. The second-order valence-corrected chi connectivity index (χ2v) is 7.12. The van der Waals surface area contributed by atoms with E-state index in [1.165, 1.54) is 38.8 Å². The average Bonchev–Trinajstić information content (AvgIpc) is 3.01. The molecule has 1 saturated heterocycles. The molecule has 28 heavy (non-hydrogen) atoms. The van der Waals surface area contributed by atoms with Gasteiger partial charge in [0.1, 0.15) is 11.6 Å². The number of pyridine rings is 1. The second-order valence-electron chi connectivity index (χ2n) is 7.12. The molecule has 1 aromatic carbocycles. The molecule has 0 saturated carbocycles. The summed E-state index contributed by atoms with van der Waals surface area (Å²) in [4.78, 5) is 19.5. The highest BCUT2D eigenvalue weighted by atomic mass is 16.5. The van der Waals surface area contributed by atoms with Crippen LogP contribution < -0.4 is 15.4 Å². The summed E-state index contributed by atoms with van der Waals surface area (Å²) in [6, 6.07) is 11.1. The molecule has 0 spiro atoms. The van der Waals surface area contributed by atoms with E-state index in [0.717, 1.165) is 24.4 Å². The summed E-state index contributed by atoms with van der Waals surface area (Å²) in [5, 5.41) is 6.25. The van der Waals surface area contributed by atoms with Crippen molar-refractivity contribution < 1.29 is 9.53 Å². The lowest BCUT2D eigenvalue weighted by molar-refractivity contribution is 0.0952. The number of benzene rings is 1. The van der Waals surface area contributed by atoms with Crippen molar-refractivity contribution in [1.82, 2.24) is 15.2 Å². The van der Waals surface area contributed by atoms with Gasteiger partial charge in [-0.2, -0.15) is 0 Å². The smallest absolute Gasteiger partial charge is 0.255 e. The van der Waals surface area contributed by atoms with Gasteiger partial charge in [-0.1, -0.05) is 12.8 Å². The van der Waals surface area contributed by atoms with Gasteiger partial charge >= 0.3 is 0 Å². The Balaban J connectivity index is 1.51. The lowest BCUT2D eigenvalue weighted by atomic mass is 10.2. The molecule has 6 heteroatoms. The van der Waals surface area contributed by atoms with Crippen LogP contribution in [-0.2, 0) is 0 Å². The molecule has 1 amide bonds. The van der Waals surface area contributed by atoms with E-state index in [9.17, 15) is 4.79 Å². The number of anilines is 2. The number of hydrogen-bond donors (Lipinski definition) is 2. The summed E-state index contributed by atoms with van der Waals surface area (Å²) < 4.78 is 5.18. The average molecular weight is 383 g/mol. The summed E-state index contributed by atoms with van der Waals surface area (Å²) in [7, 11) is 1.64. The van der Waals surface area contributed by atoms with E-state index in [0.29, 0.717) is 17.9 Å². The maximum Gasteiger partial charge on any atom is 0.255 e. The van der Waals surface area contributed by atoms with Crippen molar-refractivity contribution in [2.24, 2.45) is 0 Å². The van der Waals surface area contributed by atoms with Gasteiger partial charge in [-0.15, -0.1) is 0 Å². The molecular formula is C22H30N4O2. The third-order valence-corrected chi connectivity index (χ3v) is 5.04. The fourth-order valence-corrected chi connectivity index (χ4v) is 3.46. The molecule has 1 aliphatic heterocycles. The van der Waals surface area contributed by atoms with Gasteiger partial charge < -0.3 is 20.3 Å². The maximum atomic E-state index is 12.6. The van der Waals surface area contributed by atoms with E-state index in [-0.39, 0.29) is 5.91 Å². The fraction of sp³-hybridized carbons (Fsp3) is 0.455. The van der Waals surface area contributed by atoms with Gasteiger partial charge in [0.05, 0.1) is 12.7 Å². The number of methoxy groups -OCH3 is 1. The maximum absolute atomic E-state index is 12.6. The third-order valence-electron chi connectivity index (χ3n) is 5.04. The molecule has 3 rings (SSSR count). The normalized spacial score (nSPS) is 14.9. The quantitative estimate of drug-likeness (QED) is 0.679. The van der Waals surface area contributed by atoms with Crippen LogP contribution in [0.25, 0.3) is 0 Å². The van der Waals surface area contributed by atoms with Crippen molar-refractivity contribution in [1.29, 1.82) is 0 Å². The Morgan fingerprint density at radius 1 is 1.11 bits per heavy atom. The van der Waals surface area contributed by atoms with E-state index in [4.69, 9.17) is 4.74 Å². The summed E-state index contributed by atoms with van der Waals surface area (Å²) in [6.07, 6.45) is 7.93. The minimum Gasteiger partial charge on any atom is -0.497 e. The van der Waals surface area contributed by atoms with Gasteiger partial charge in [0.2, 0.25) is 0 Å². The van der Waals surface area contributed by atoms with Crippen molar-refractivity contribution in [2.45, 2.75) is 32.1 Å². The molecule has 0 atom stereocenters. The molecule has 0 unspecified atom stereocenters. The van der Waals surface area contributed by atoms with Crippen LogP contribution in [-0.4, -0.2) is 49.1 Å². The molecule has 150 valence electrons. The number of nitrogens with zero attached hydrogens (tertiary/aromatic N) is 2. The lowest BCUT2D eigenvalue weighted by Gasteiger charge is -2.19. The number of aromatic nitrogens is 1. The first kappa shape index (κ1) is 20.1.